The molecule has 7 heteroatoms. The highest BCUT2D eigenvalue weighted by Gasteiger charge is 2.19. The van der Waals surface area contributed by atoms with Gasteiger partial charge in [-0.3, -0.25) is 0 Å². The van der Waals surface area contributed by atoms with E-state index in [0.717, 1.165) is 23.2 Å². The Balaban J connectivity index is 1.85. The molecule has 0 aliphatic carbocycles. The molecule has 0 unspecified atom stereocenters. The Morgan fingerprint density at radius 1 is 1.48 bits per heavy atom. The lowest BCUT2D eigenvalue weighted by molar-refractivity contribution is 0.111. The Labute approximate surface area is 122 Å². The monoisotopic (exact) mass is 287 g/mol. The second-order valence-corrected chi connectivity index (χ2v) is 4.77. The number of nitrogen functional groups attached to an aromatic ring is 1. The molecule has 0 saturated heterocycles. The molecule has 0 bridgehead atoms. The summed E-state index contributed by atoms with van der Waals surface area (Å²) in [5.74, 6) is 0.475. The van der Waals surface area contributed by atoms with E-state index in [1.165, 1.54) is 6.33 Å². The second-order valence-electron chi connectivity index (χ2n) is 4.77. The molecule has 1 aliphatic rings. The van der Waals surface area contributed by atoms with E-state index in [4.69, 9.17) is 10.5 Å². The van der Waals surface area contributed by atoms with Gasteiger partial charge in [0.05, 0.1) is 12.0 Å². The predicted molar refractivity (Wildman–Crippen MR) is 79.4 cm³/mol. The largest absolute Gasteiger partial charge is 0.450 e. The predicted octanol–water partition coefficient (Wildman–Crippen LogP) is 1.72. The molecule has 21 heavy (non-hydrogen) atoms. The normalized spacial score (nSPS) is 15.1. The minimum atomic E-state index is -0.267. The molecule has 0 atom stereocenters. The van der Waals surface area contributed by atoms with E-state index in [1.807, 2.05) is 22.9 Å². The summed E-state index contributed by atoms with van der Waals surface area (Å²) in [7, 11) is 0. The number of rotatable bonds is 2. The van der Waals surface area contributed by atoms with E-state index >= 15 is 0 Å². The summed E-state index contributed by atoms with van der Waals surface area (Å²) in [6, 6.07) is 1.91. The lowest BCUT2D eigenvalue weighted by atomic mass is 10.2. The van der Waals surface area contributed by atoms with E-state index in [2.05, 4.69) is 9.97 Å². The van der Waals surface area contributed by atoms with Crippen LogP contribution in [0.4, 0.5) is 10.6 Å². The van der Waals surface area contributed by atoms with Crippen molar-refractivity contribution in [2.24, 2.45) is 0 Å². The maximum Gasteiger partial charge on any atom is 0.410 e. The summed E-state index contributed by atoms with van der Waals surface area (Å²) < 4.78 is 7.00. The molecule has 0 fully saturated rings. The van der Waals surface area contributed by atoms with Gasteiger partial charge >= 0.3 is 6.09 Å². The van der Waals surface area contributed by atoms with Gasteiger partial charge in [0, 0.05) is 31.4 Å². The third-order valence-corrected chi connectivity index (χ3v) is 3.53. The van der Waals surface area contributed by atoms with Crippen LogP contribution in [-0.2, 0) is 4.74 Å². The molecule has 3 rings (SSSR count). The summed E-state index contributed by atoms with van der Waals surface area (Å²) in [6.45, 7) is 3.36. The number of nitrogens with two attached hydrogens (primary N) is 1. The standard InChI is InChI=1S/C14H17N5O2/c1-2-21-14(20)18-6-3-10(4-7-18)19-8-5-11-12(15)16-9-17-13(11)19/h3,5,8-9H,2,4,6-7H2,1H3,(H2,15,16,17). The van der Waals surface area contributed by atoms with Gasteiger partial charge < -0.3 is 19.9 Å². The Morgan fingerprint density at radius 2 is 2.33 bits per heavy atom. The summed E-state index contributed by atoms with van der Waals surface area (Å²) in [5.41, 5.74) is 7.73. The smallest absolute Gasteiger partial charge is 0.410 e. The number of fused-ring (bicyclic) bond motifs is 1. The molecule has 3 heterocycles. The SMILES string of the molecule is CCOC(=O)N1CC=C(n2ccc3c(N)ncnc32)CC1. The number of nitrogens with zero attached hydrogens (tertiary/aromatic N) is 4. The lowest BCUT2D eigenvalue weighted by Crippen LogP contribution is -2.35. The Hall–Kier alpha value is -2.57. The molecule has 2 N–H and O–H groups in total. The minimum Gasteiger partial charge on any atom is -0.450 e. The van der Waals surface area contributed by atoms with Crippen molar-refractivity contribution in [1.82, 2.24) is 19.4 Å². The fourth-order valence-electron chi connectivity index (χ4n) is 2.46. The van der Waals surface area contributed by atoms with Crippen LogP contribution in [0, 0.1) is 0 Å². The number of carbonyl (C=O) groups excluding carboxylic acids is 1. The number of aromatic nitrogens is 3. The Kier molecular flexibility index (Phi) is 3.47. The van der Waals surface area contributed by atoms with Crippen LogP contribution in [-0.4, -0.2) is 45.2 Å². The average Bonchev–Trinajstić information content (AvgIpc) is 2.93. The van der Waals surface area contributed by atoms with Crippen molar-refractivity contribution < 1.29 is 9.53 Å². The molecule has 1 amide bonds. The number of ether oxygens (including phenoxy) is 1. The maximum absolute atomic E-state index is 11.7. The topological polar surface area (TPSA) is 86.3 Å². The highest BCUT2D eigenvalue weighted by molar-refractivity contribution is 5.88. The quantitative estimate of drug-likeness (QED) is 0.908. The van der Waals surface area contributed by atoms with Crippen LogP contribution in [0.1, 0.15) is 13.3 Å². The first kappa shape index (κ1) is 13.4. The third-order valence-electron chi connectivity index (χ3n) is 3.53. The van der Waals surface area contributed by atoms with Crippen LogP contribution in [0.25, 0.3) is 16.7 Å². The van der Waals surface area contributed by atoms with Crippen molar-refractivity contribution in [2.75, 3.05) is 25.4 Å². The van der Waals surface area contributed by atoms with E-state index in [9.17, 15) is 4.79 Å². The van der Waals surface area contributed by atoms with Crippen molar-refractivity contribution in [1.29, 1.82) is 0 Å². The Bertz CT molecular complexity index is 706. The van der Waals surface area contributed by atoms with Crippen molar-refractivity contribution >= 4 is 28.6 Å². The van der Waals surface area contributed by atoms with Gasteiger partial charge in [-0.2, -0.15) is 0 Å². The van der Waals surface area contributed by atoms with Gasteiger partial charge in [-0.25, -0.2) is 14.8 Å². The minimum absolute atomic E-state index is 0.267. The maximum atomic E-state index is 11.7. The first-order valence-electron chi connectivity index (χ1n) is 6.89. The van der Waals surface area contributed by atoms with Crippen molar-refractivity contribution in [2.45, 2.75) is 13.3 Å². The Morgan fingerprint density at radius 3 is 3.05 bits per heavy atom. The van der Waals surface area contributed by atoms with Crippen LogP contribution >= 0.6 is 0 Å². The highest BCUT2D eigenvalue weighted by Crippen LogP contribution is 2.24. The fraction of sp³-hybridized carbons (Fsp3) is 0.357. The van der Waals surface area contributed by atoms with E-state index in [1.54, 1.807) is 11.8 Å². The first-order chi connectivity index (χ1) is 10.2. The van der Waals surface area contributed by atoms with Gasteiger partial charge in [0.2, 0.25) is 0 Å². The van der Waals surface area contributed by atoms with Gasteiger partial charge in [0.25, 0.3) is 0 Å². The molecule has 2 aromatic heterocycles. The zero-order chi connectivity index (χ0) is 14.8. The summed E-state index contributed by atoms with van der Waals surface area (Å²) in [5, 5.41) is 0.839. The number of carbonyl (C=O) groups is 1. The number of amides is 1. The van der Waals surface area contributed by atoms with Gasteiger partial charge in [0.1, 0.15) is 17.8 Å². The molecule has 110 valence electrons. The zero-order valence-corrected chi connectivity index (χ0v) is 11.8. The lowest BCUT2D eigenvalue weighted by Gasteiger charge is -2.26. The summed E-state index contributed by atoms with van der Waals surface area (Å²) in [4.78, 5) is 21.6. The number of hydrogen-bond donors (Lipinski definition) is 1. The molecule has 1 aliphatic heterocycles. The molecule has 0 saturated carbocycles. The molecule has 0 aromatic carbocycles. The third kappa shape index (κ3) is 2.42. The number of anilines is 1. The molecule has 7 nitrogen and oxygen atoms in total. The van der Waals surface area contributed by atoms with Crippen LogP contribution < -0.4 is 5.73 Å². The average molecular weight is 287 g/mol. The molecular weight excluding hydrogens is 270 g/mol. The van der Waals surface area contributed by atoms with Crippen molar-refractivity contribution in [3.63, 3.8) is 0 Å². The van der Waals surface area contributed by atoms with E-state index < -0.39 is 0 Å². The molecule has 0 spiro atoms. The van der Waals surface area contributed by atoms with Gasteiger partial charge in [-0.05, 0) is 19.1 Å². The molecular formula is C14H17N5O2. The summed E-state index contributed by atoms with van der Waals surface area (Å²) >= 11 is 0. The van der Waals surface area contributed by atoms with Crippen LogP contribution in [0.2, 0.25) is 0 Å². The summed E-state index contributed by atoms with van der Waals surface area (Å²) in [6.07, 6.45) is 5.88. The van der Waals surface area contributed by atoms with Crippen LogP contribution in [0.5, 0.6) is 0 Å². The highest BCUT2D eigenvalue weighted by atomic mass is 16.6. The molecule has 0 radical (unpaired) electrons. The van der Waals surface area contributed by atoms with Crippen LogP contribution in [0.15, 0.2) is 24.7 Å². The number of hydrogen-bond acceptors (Lipinski definition) is 5. The van der Waals surface area contributed by atoms with Gasteiger partial charge in [0.15, 0.2) is 0 Å². The van der Waals surface area contributed by atoms with Gasteiger partial charge in [-0.1, -0.05) is 0 Å². The molecule has 2 aromatic rings. The zero-order valence-electron chi connectivity index (χ0n) is 11.8. The van der Waals surface area contributed by atoms with Crippen LogP contribution in [0.3, 0.4) is 0 Å². The van der Waals surface area contributed by atoms with Gasteiger partial charge in [-0.15, -0.1) is 0 Å². The second kappa shape index (κ2) is 5.43. The first-order valence-corrected chi connectivity index (χ1v) is 6.89. The fourth-order valence-corrected chi connectivity index (χ4v) is 2.46. The van der Waals surface area contributed by atoms with Crippen molar-refractivity contribution in [3.8, 4) is 0 Å². The van der Waals surface area contributed by atoms with E-state index in [0.29, 0.717) is 25.5 Å². The van der Waals surface area contributed by atoms with E-state index in [-0.39, 0.29) is 6.09 Å². The van der Waals surface area contributed by atoms with Crippen molar-refractivity contribution in [3.05, 3.63) is 24.7 Å².